The maximum Gasteiger partial charge on any atom is 0.194 e. The quantitative estimate of drug-likeness (QED) is 0.753. The van der Waals surface area contributed by atoms with Crippen molar-refractivity contribution in [2.45, 2.75) is 26.4 Å². The minimum Gasteiger partial charge on any atom is -0.368 e. The lowest BCUT2D eigenvalue weighted by Crippen LogP contribution is -2.35. The third-order valence-electron chi connectivity index (χ3n) is 3.31. The lowest BCUT2D eigenvalue weighted by atomic mass is 9.94. The average Bonchev–Trinajstić information content (AvgIpc) is 2.47. The molecule has 2 heteroatoms. The molecule has 0 aliphatic carbocycles. The van der Waals surface area contributed by atoms with Crippen LogP contribution in [-0.2, 0) is 4.74 Å². The number of carbonyl (C=O) groups excluding carboxylic acids is 1. The Kier molecular flexibility index (Phi) is 4.35. The van der Waals surface area contributed by atoms with Gasteiger partial charge in [0.05, 0.1) is 0 Å². The van der Waals surface area contributed by atoms with Gasteiger partial charge in [-0.2, -0.15) is 0 Å². The summed E-state index contributed by atoms with van der Waals surface area (Å²) in [6, 6.07) is 17.8. The van der Waals surface area contributed by atoms with E-state index >= 15 is 0 Å². The fraction of sp³-hybridized carbons (Fsp3) is 0.278. The Morgan fingerprint density at radius 2 is 1.50 bits per heavy atom. The number of hydrogen-bond donors (Lipinski definition) is 0. The zero-order chi connectivity index (χ0) is 14.6. The Bertz CT molecular complexity index is 568. The molecule has 0 saturated heterocycles. The highest BCUT2D eigenvalue weighted by atomic mass is 16.5. The molecule has 0 aromatic heterocycles. The summed E-state index contributed by atoms with van der Waals surface area (Å²) in [5.74, 6) is 0.0129. The van der Waals surface area contributed by atoms with Crippen molar-refractivity contribution in [2.24, 2.45) is 0 Å². The maximum absolute atomic E-state index is 12.4. The molecule has 0 atom stereocenters. The maximum atomic E-state index is 12.4. The van der Waals surface area contributed by atoms with E-state index < -0.39 is 5.60 Å². The third kappa shape index (κ3) is 3.14. The average molecular weight is 268 g/mol. The van der Waals surface area contributed by atoms with Gasteiger partial charge in [-0.25, -0.2) is 0 Å². The van der Waals surface area contributed by atoms with E-state index in [0.717, 1.165) is 11.1 Å². The number of hydrogen-bond acceptors (Lipinski definition) is 2. The van der Waals surface area contributed by atoms with Gasteiger partial charge in [-0.3, -0.25) is 4.79 Å². The Hall–Kier alpha value is -1.93. The van der Waals surface area contributed by atoms with E-state index in [0.29, 0.717) is 12.2 Å². The van der Waals surface area contributed by atoms with Crippen molar-refractivity contribution in [2.75, 3.05) is 6.61 Å². The van der Waals surface area contributed by atoms with Crippen LogP contribution in [-0.4, -0.2) is 18.0 Å². The van der Waals surface area contributed by atoms with Gasteiger partial charge in [0.25, 0.3) is 0 Å². The largest absolute Gasteiger partial charge is 0.368 e. The first kappa shape index (κ1) is 14.5. The summed E-state index contributed by atoms with van der Waals surface area (Å²) >= 11 is 0. The van der Waals surface area contributed by atoms with Gasteiger partial charge in [0.2, 0.25) is 0 Å². The normalized spacial score (nSPS) is 11.3. The molecule has 0 unspecified atom stereocenters. The first-order valence-corrected chi connectivity index (χ1v) is 6.89. The molecule has 0 N–H and O–H groups in total. The number of Topliss-reactive ketones (excluding diaryl/α,β-unsaturated/α-hetero) is 1. The van der Waals surface area contributed by atoms with Crippen LogP contribution in [0.25, 0.3) is 11.1 Å². The molecular weight excluding hydrogens is 248 g/mol. The lowest BCUT2D eigenvalue weighted by Gasteiger charge is -2.23. The molecule has 20 heavy (non-hydrogen) atoms. The van der Waals surface area contributed by atoms with Gasteiger partial charge in [0.15, 0.2) is 5.78 Å². The predicted molar refractivity (Wildman–Crippen MR) is 81.9 cm³/mol. The van der Waals surface area contributed by atoms with Crippen molar-refractivity contribution in [3.8, 4) is 11.1 Å². The monoisotopic (exact) mass is 268 g/mol. The van der Waals surface area contributed by atoms with Crippen molar-refractivity contribution in [1.82, 2.24) is 0 Å². The van der Waals surface area contributed by atoms with Crippen LogP contribution < -0.4 is 0 Å². The predicted octanol–water partition coefficient (Wildman–Crippen LogP) is 4.35. The topological polar surface area (TPSA) is 26.3 Å². The van der Waals surface area contributed by atoms with Crippen LogP contribution in [0.2, 0.25) is 0 Å². The second-order valence-corrected chi connectivity index (χ2v) is 5.22. The van der Waals surface area contributed by atoms with Gasteiger partial charge in [-0.1, -0.05) is 54.6 Å². The second-order valence-electron chi connectivity index (χ2n) is 5.22. The third-order valence-corrected chi connectivity index (χ3v) is 3.31. The first-order chi connectivity index (χ1) is 9.54. The molecule has 0 amide bonds. The zero-order valence-corrected chi connectivity index (χ0v) is 12.2. The minimum atomic E-state index is -0.775. The van der Waals surface area contributed by atoms with Crippen LogP contribution in [0.15, 0.2) is 54.6 Å². The van der Waals surface area contributed by atoms with Crippen LogP contribution in [0, 0.1) is 0 Å². The van der Waals surface area contributed by atoms with Crippen LogP contribution in [0.5, 0.6) is 0 Å². The van der Waals surface area contributed by atoms with Crippen molar-refractivity contribution in [3.05, 3.63) is 60.2 Å². The van der Waals surface area contributed by atoms with Gasteiger partial charge >= 0.3 is 0 Å². The molecule has 0 heterocycles. The van der Waals surface area contributed by atoms with Crippen LogP contribution in [0.1, 0.15) is 31.1 Å². The Morgan fingerprint density at radius 1 is 0.950 bits per heavy atom. The standard InChI is InChI=1S/C18H20O2/c1-4-20-18(2,3)17(19)16-12-10-15(11-13-16)14-8-6-5-7-9-14/h5-13H,4H2,1-3H3. The van der Waals surface area contributed by atoms with Crippen LogP contribution >= 0.6 is 0 Å². The number of rotatable bonds is 5. The summed E-state index contributed by atoms with van der Waals surface area (Å²) < 4.78 is 5.51. The molecule has 0 fully saturated rings. The van der Waals surface area contributed by atoms with Gasteiger partial charge in [0.1, 0.15) is 5.60 Å². The van der Waals surface area contributed by atoms with E-state index in [9.17, 15) is 4.79 Å². The summed E-state index contributed by atoms with van der Waals surface area (Å²) in [6.45, 7) is 6.04. The number of ketones is 1. The van der Waals surface area contributed by atoms with E-state index in [-0.39, 0.29) is 5.78 Å². The summed E-state index contributed by atoms with van der Waals surface area (Å²) in [5, 5.41) is 0. The Morgan fingerprint density at radius 3 is 2.05 bits per heavy atom. The van der Waals surface area contributed by atoms with Crippen molar-refractivity contribution >= 4 is 5.78 Å². The fourth-order valence-corrected chi connectivity index (χ4v) is 2.22. The molecule has 2 nitrogen and oxygen atoms in total. The first-order valence-electron chi connectivity index (χ1n) is 6.89. The molecule has 2 rings (SSSR count). The van der Waals surface area contributed by atoms with Gasteiger partial charge in [0, 0.05) is 12.2 Å². The minimum absolute atomic E-state index is 0.0129. The van der Waals surface area contributed by atoms with Crippen molar-refractivity contribution in [1.29, 1.82) is 0 Å². The number of benzene rings is 2. The molecule has 0 spiro atoms. The SMILES string of the molecule is CCOC(C)(C)C(=O)c1ccc(-c2ccccc2)cc1. The molecular formula is C18H20O2. The molecule has 2 aromatic carbocycles. The summed E-state index contributed by atoms with van der Waals surface area (Å²) in [7, 11) is 0. The second kappa shape index (κ2) is 6.02. The lowest BCUT2D eigenvalue weighted by molar-refractivity contribution is 0.00126. The molecule has 0 bridgehead atoms. The van der Waals surface area contributed by atoms with Gasteiger partial charge in [-0.05, 0) is 31.9 Å². The highest BCUT2D eigenvalue weighted by molar-refractivity contribution is 6.02. The highest BCUT2D eigenvalue weighted by Gasteiger charge is 2.28. The Labute approximate surface area is 120 Å². The van der Waals surface area contributed by atoms with Gasteiger partial charge in [-0.15, -0.1) is 0 Å². The molecule has 0 aliphatic heterocycles. The van der Waals surface area contributed by atoms with E-state index in [2.05, 4.69) is 12.1 Å². The molecule has 0 saturated carbocycles. The molecule has 0 aliphatic rings. The van der Waals surface area contributed by atoms with Gasteiger partial charge < -0.3 is 4.74 Å². The number of ether oxygens (including phenoxy) is 1. The summed E-state index contributed by atoms with van der Waals surface area (Å²) in [5.41, 5.74) is 2.17. The van der Waals surface area contributed by atoms with E-state index in [1.165, 1.54) is 0 Å². The van der Waals surface area contributed by atoms with E-state index in [1.54, 1.807) is 0 Å². The molecule has 0 radical (unpaired) electrons. The Balaban J connectivity index is 2.23. The van der Waals surface area contributed by atoms with E-state index in [4.69, 9.17) is 4.74 Å². The van der Waals surface area contributed by atoms with Crippen LogP contribution in [0.3, 0.4) is 0 Å². The molecule has 104 valence electrons. The van der Waals surface area contributed by atoms with Crippen LogP contribution in [0.4, 0.5) is 0 Å². The van der Waals surface area contributed by atoms with Crippen molar-refractivity contribution < 1.29 is 9.53 Å². The molecule has 2 aromatic rings. The highest BCUT2D eigenvalue weighted by Crippen LogP contribution is 2.22. The smallest absolute Gasteiger partial charge is 0.194 e. The zero-order valence-electron chi connectivity index (χ0n) is 12.2. The number of carbonyl (C=O) groups is 1. The fourth-order valence-electron chi connectivity index (χ4n) is 2.22. The summed E-state index contributed by atoms with van der Waals surface area (Å²) in [4.78, 5) is 12.4. The van der Waals surface area contributed by atoms with E-state index in [1.807, 2.05) is 63.2 Å². The summed E-state index contributed by atoms with van der Waals surface area (Å²) in [6.07, 6.45) is 0. The van der Waals surface area contributed by atoms with Crippen molar-refractivity contribution in [3.63, 3.8) is 0 Å².